The number of aromatic nitrogens is 2. The number of fused-ring (bicyclic) bond motifs is 2. The summed E-state index contributed by atoms with van der Waals surface area (Å²) in [6.45, 7) is 0. The Morgan fingerprint density at radius 1 is 0.585 bits per heavy atom. The van der Waals surface area contributed by atoms with Crippen molar-refractivity contribution in [1.29, 1.82) is 0 Å². The molecule has 2 aromatic heterocycles. The van der Waals surface area contributed by atoms with Crippen molar-refractivity contribution in [3.63, 3.8) is 0 Å². The van der Waals surface area contributed by atoms with Gasteiger partial charge in [0.2, 0.25) is 11.0 Å². The largest absolute Gasteiger partial charge is 0.759 e. The second kappa shape index (κ2) is 14.9. The third kappa shape index (κ3) is 9.64. The van der Waals surface area contributed by atoms with Crippen LogP contribution in [-0.4, -0.2) is 17.5 Å². The molecule has 0 bridgehead atoms. The minimum Gasteiger partial charge on any atom is -0.759 e. The molecule has 6 aromatic rings. The SMILES string of the molecule is C[n+]1c(SCc2ccccc2)sc2ccccc21.C[n+]1c(SCc2ccccc2)sc2ccccc21.O=S(=O)([O-])[O-]. The topological polar surface area (TPSA) is 88.0 Å². The molecule has 2 heterocycles. The van der Waals surface area contributed by atoms with Gasteiger partial charge < -0.3 is 9.11 Å². The third-order valence-electron chi connectivity index (χ3n) is 5.81. The Hall–Kier alpha value is -2.77. The number of hydrogen-bond donors (Lipinski definition) is 0. The first-order valence-corrected chi connectivity index (χ1v) is 17.4. The molecule has 0 radical (unpaired) electrons. The van der Waals surface area contributed by atoms with Crippen molar-refractivity contribution in [1.82, 2.24) is 0 Å². The second-order valence-electron chi connectivity index (χ2n) is 8.75. The van der Waals surface area contributed by atoms with E-state index in [-0.39, 0.29) is 0 Å². The highest BCUT2D eigenvalue weighted by Crippen LogP contribution is 2.30. The maximum absolute atomic E-state index is 8.52. The molecular formula is C30H28N2O4S5. The smallest absolute Gasteiger partial charge is 0.298 e. The first kappa shape index (κ1) is 31.2. The molecule has 11 heteroatoms. The Bertz CT molecular complexity index is 1680. The molecule has 6 nitrogen and oxygen atoms in total. The molecular weight excluding hydrogens is 613 g/mol. The molecule has 0 spiro atoms. The van der Waals surface area contributed by atoms with E-state index in [1.165, 1.54) is 40.2 Å². The van der Waals surface area contributed by atoms with Gasteiger partial charge in [-0.2, -0.15) is 9.13 Å². The monoisotopic (exact) mass is 640 g/mol. The zero-order valence-electron chi connectivity index (χ0n) is 22.4. The molecule has 0 N–H and O–H groups in total. The first-order valence-electron chi connectivity index (χ1n) is 12.4. The van der Waals surface area contributed by atoms with Crippen molar-refractivity contribution in [2.75, 3.05) is 0 Å². The van der Waals surface area contributed by atoms with Crippen LogP contribution in [0.3, 0.4) is 0 Å². The van der Waals surface area contributed by atoms with Gasteiger partial charge in [-0.25, -0.2) is 0 Å². The molecule has 0 aliphatic carbocycles. The van der Waals surface area contributed by atoms with E-state index in [1.54, 1.807) is 0 Å². The van der Waals surface area contributed by atoms with Crippen LogP contribution in [0.1, 0.15) is 11.1 Å². The predicted molar refractivity (Wildman–Crippen MR) is 168 cm³/mol. The van der Waals surface area contributed by atoms with Crippen molar-refractivity contribution in [3.05, 3.63) is 120 Å². The molecule has 6 rings (SSSR count). The first-order chi connectivity index (χ1) is 19.7. The van der Waals surface area contributed by atoms with Gasteiger partial charge in [-0.3, -0.25) is 8.42 Å². The molecule has 0 aliphatic heterocycles. The van der Waals surface area contributed by atoms with Crippen LogP contribution >= 0.6 is 46.2 Å². The van der Waals surface area contributed by atoms with Crippen molar-refractivity contribution in [2.24, 2.45) is 14.1 Å². The zero-order chi connectivity index (χ0) is 29.2. The fraction of sp³-hybridized carbons (Fsp3) is 0.133. The molecule has 0 aliphatic rings. The van der Waals surface area contributed by atoms with Crippen LogP contribution in [0.15, 0.2) is 118 Å². The highest BCUT2D eigenvalue weighted by Gasteiger charge is 2.17. The number of hydrogen-bond acceptors (Lipinski definition) is 8. The quantitative estimate of drug-likeness (QED) is 0.0872. The van der Waals surface area contributed by atoms with E-state index in [1.807, 2.05) is 46.2 Å². The lowest BCUT2D eigenvalue weighted by Crippen LogP contribution is -2.28. The van der Waals surface area contributed by atoms with E-state index >= 15 is 0 Å². The van der Waals surface area contributed by atoms with Crippen LogP contribution in [0.25, 0.3) is 20.4 Å². The average Bonchev–Trinajstić information content (AvgIpc) is 3.47. The average molecular weight is 641 g/mol. The van der Waals surface area contributed by atoms with E-state index in [0.29, 0.717) is 0 Å². The maximum Gasteiger partial charge on any atom is 0.298 e. The number of aryl methyl sites for hydroxylation is 2. The summed E-state index contributed by atoms with van der Waals surface area (Å²) in [5, 5.41) is 0. The van der Waals surface area contributed by atoms with Crippen LogP contribution in [0, 0.1) is 0 Å². The molecule has 0 saturated carbocycles. The van der Waals surface area contributed by atoms with Gasteiger partial charge in [0.05, 0.1) is 0 Å². The Kier molecular flexibility index (Phi) is 11.3. The van der Waals surface area contributed by atoms with Crippen LogP contribution in [-0.2, 0) is 36.0 Å². The van der Waals surface area contributed by atoms with Gasteiger partial charge in [0.1, 0.15) is 23.5 Å². The van der Waals surface area contributed by atoms with Crippen LogP contribution < -0.4 is 9.13 Å². The molecule has 0 amide bonds. The summed E-state index contributed by atoms with van der Waals surface area (Å²) in [6.07, 6.45) is 0. The van der Waals surface area contributed by atoms with Gasteiger partial charge in [-0.1, -0.05) is 108 Å². The van der Waals surface area contributed by atoms with Gasteiger partial charge in [-0.15, -0.1) is 0 Å². The number of nitrogens with zero attached hydrogens (tertiary/aromatic N) is 2. The zero-order valence-corrected chi connectivity index (χ0v) is 26.5. The molecule has 41 heavy (non-hydrogen) atoms. The lowest BCUT2D eigenvalue weighted by atomic mass is 10.2. The fourth-order valence-electron chi connectivity index (χ4n) is 3.85. The van der Waals surface area contributed by atoms with Gasteiger partial charge in [0.25, 0.3) is 8.68 Å². The Morgan fingerprint density at radius 2 is 0.902 bits per heavy atom. The van der Waals surface area contributed by atoms with Gasteiger partial charge in [0.15, 0.2) is 0 Å². The van der Waals surface area contributed by atoms with Crippen molar-refractivity contribution in [2.45, 2.75) is 20.2 Å². The molecule has 0 fully saturated rings. The standard InChI is InChI=1S/2C15H14NS2.H2O4S/c2*1-16-13-9-5-6-10-14(13)18-15(16)17-11-12-7-3-2-4-8-12;1-5(2,3)4/h2*2-10H,11H2,1H3;(H2,1,2,3,4)/q2*+1;/p-2. The molecule has 0 atom stereocenters. The summed E-state index contributed by atoms with van der Waals surface area (Å²) in [5.41, 5.74) is 5.39. The van der Waals surface area contributed by atoms with E-state index in [2.05, 4.69) is 132 Å². The Balaban J connectivity index is 0.000000163. The number of rotatable bonds is 6. The number of thioether (sulfide) groups is 2. The van der Waals surface area contributed by atoms with Crippen molar-refractivity contribution >= 4 is 77.0 Å². The van der Waals surface area contributed by atoms with Crippen LogP contribution in [0.2, 0.25) is 0 Å². The van der Waals surface area contributed by atoms with E-state index in [9.17, 15) is 0 Å². The Labute approximate surface area is 256 Å². The summed E-state index contributed by atoms with van der Waals surface area (Å²) >= 11 is 7.55. The van der Waals surface area contributed by atoms with E-state index in [4.69, 9.17) is 17.5 Å². The minimum atomic E-state index is -5.17. The summed E-state index contributed by atoms with van der Waals surface area (Å²) in [4.78, 5) is 0. The van der Waals surface area contributed by atoms with E-state index < -0.39 is 10.4 Å². The highest BCUT2D eigenvalue weighted by atomic mass is 32.3. The lowest BCUT2D eigenvalue weighted by molar-refractivity contribution is -0.677. The molecule has 212 valence electrons. The number of thiazole rings is 2. The van der Waals surface area contributed by atoms with Gasteiger partial charge in [-0.05, 0) is 46.8 Å². The van der Waals surface area contributed by atoms with E-state index in [0.717, 1.165) is 11.5 Å². The second-order valence-corrected chi connectivity index (χ2v) is 14.1. The predicted octanol–water partition coefficient (Wildman–Crippen LogP) is 6.70. The van der Waals surface area contributed by atoms with Crippen molar-refractivity contribution < 1.29 is 26.7 Å². The third-order valence-corrected chi connectivity index (χ3v) is 11.0. The summed E-state index contributed by atoms with van der Waals surface area (Å²) in [5.74, 6) is 2.06. The summed E-state index contributed by atoms with van der Waals surface area (Å²) < 4.78 is 44.1. The molecule has 0 saturated heterocycles. The van der Waals surface area contributed by atoms with Gasteiger partial charge >= 0.3 is 0 Å². The van der Waals surface area contributed by atoms with Crippen LogP contribution in [0.4, 0.5) is 0 Å². The van der Waals surface area contributed by atoms with Crippen molar-refractivity contribution in [3.8, 4) is 0 Å². The maximum atomic E-state index is 8.52. The Morgan fingerprint density at radius 3 is 1.24 bits per heavy atom. The minimum absolute atomic E-state index is 1.03. The molecule has 0 unspecified atom stereocenters. The summed E-state index contributed by atoms with van der Waals surface area (Å²) in [7, 11) is -0.877. The number of para-hydroxylation sites is 2. The fourth-order valence-corrected chi connectivity index (χ4v) is 8.53. The van der Waals surface area contributed by atoms with Gasteiger partial charge in [0, 0.05) is 34.0 Å². The lowest BCUT2D eigenvalue weighted by Gasteiger charge is -2.06. The highest BCUT2D eigenvalue weighted by molar-refractivity contribution is 8.00. The number of benzene rings is 4. The summed E-state index contributed by atoms with van der Waals surface area (Å²) in [6, 6.07) is 38.4. The van der Waals surface area contributed by atoms with Crippen LogP contribution in [0.5, 0.6) is 0 Å². The normalized spacial score (nSPS) is 11.0. The molecule has 4 aromatic carbocycles.